The molecule has 1 heterocycles. The number of para-hydroxylation sites is 1. The minimum absolute atomic E-state index is 0.698. The summed E-state index contributed by atoms with van der Waals surface area (Å²) in [7, 11) is 1.67. The number of thioether (sulfide) groups is 1. The summed E-state index contributed by atoms with van der Waals surface area (Å²) in [5.41, 5.74) is 3.19. The number of nitrogens with zero attached hydrogens (tertiary/aromatic N) is 3. The van der Waals surface area contributed by atoms with Crippen molar-refractivity contribution in [2.24, 2.45) is 0 Å². The third-order valence-electron chi connectivity index (χ3n) is 4.28. The van der Waals surface area contributed by atoms with Gasteiger partial charge in [0.1, 0.15) is 5.75 Å². The minimum Gasteiger partial charge on any atom is -0.497 e. The van der Waals surface area contributed by atoms with Crippen LogP contribution in [0.4, 0.5) is 0 Å². The molecule has 4 nitrogen and oxygen atoms in total. The van der Waals surface area contributed by atoms with E-state index in [4.69, 9.17) is 16.3 Å². The van der Waals surface area contributed by atoms with Crippen LogP contribution in [0.15, 0.2) is 84.0 Å². The highest BCUT2D eigenvalue weighted by Gasteiger charge is 2.16. The van der Waals surface area contributed by atoms with Crippen LogP contribution in [-0.4, -0.2) is 21.9 Å². The second-order valence-electron chi connectivity index (χ2n) is 6.12. The number of benzene rings is 3. The SMILES string of the molecule is COc1ccc(CSc2nnc(-c3ccc(Cl)cc3)n2-c2ccccc2)cc1. The first-order valence-corrected chi connectivity index (χ1v) is 10.1. The fraction of sp³-hybridized carbons (Fsp3) is 0.0909. The number of aromatic nitrogens is 3. The first-order valence-electron chi connectivity index (χ1n) is 8.77. The van der Waals surface area contributed by atoms with E-state index in [9.17, 15) is 0 Å². The van der Waals surface area contributed by atoms with Gasteiger partial charge >= 0.3 is 0 Å². The van der Waals surface area contributed by atoms with E-state index in [1.165, 1.54) is 5.56 Å². The molecule has 3 aromatic carbocycles. The van der Waals surface area contributed by atoms with Gasteiger partial charge in [0.25, 0.3) is 0 Å². The van der Waals surface area contributed by atoms with Gasteiger partial charge in [-0.3, -0.25) is 4.57 Å². The van der Waals surface area contributed by atoms with E-state index < -0.39 is 0 Å². The average Bonchev–Trinajstić information content (AvgIpc) is 3.17. The molecule has 140 valence electrons. The van der Waals surface area contributed by atoms with Crippen molar-refractivity contribution in [1.82, 2.24) is 14.8 Å². The van der Waals surface area contributed by atoms with Crippen molar-refractivity contribution in [3.8, 4) is 22.8 Å². The zero-order valence-corrected chi connectivity index (χ0v) is 16.8. The Balaban J connectivity index is 1.67. The Hall–Kier alpha value is -2.76. The number of methoxy groups -OCH3 is 1. The number of halogens is 1. The molecule has 4 rings (SSSR count). The van der Waals surface area contributed by atoms with E-state index in [0.29, 0.717) is 5.02 Å². The third-order valence-corrected chi connectivity index (χ3v) is 5.53. The molecular weight excluding hydrogens is 390 g/mol. The van der Waals surface area contributed by atoms with E-state index in [0.717, 1.165) is 33.7 Å². The molecule has 0 spiro atoms. The quantitative estimate of drug-likeness (QED) is 0.374. The van der Waals surface area contributed by atoms with E-state index in [2.05, 4.69) is 39.0 Å². The number of rotatable bonds is 6. The smallest absolute Gasteiger partial charge is 0.196 e. The van der Waals surface area contributed by atoms with Crippen molar-refractivity contribution in [2.75, 3.05) is 7.11 Å². The Bertz CT molecular complexity index is 1050. The summed E-state index contributed by atoms with van der Waals surface area (Å²) in [6.45, 7) is 0. The monoisotopic (exact) mass is 407 g/mol. The molecule has 0 atom stereocenters. The normalized spacial score (nSPS) is 10.8. The first kappa shape index (κ1) is 18.6. The zero-order valence-electron chi connectivity index (χ0n) is 15.2. The highest BCUT2D eigenvalue weighted by molar-refractivity contribution is 7.98. The predicted molar refractivity (Wildman–Crippen MR) is 114 cm³/mol. The maximum Gasteiger partial charge on any atom is 0.196 e. The molecule has 4 aromatic rings. The third kappa shape index (κ3) is 4.06. The largest absolute Gasteiger partial charge is 0.497 e. The highest BCUT2D eigenvalue weighted by Crippen LogP contribution is 2.30. The van der Waals surface area contributed by atoms with Crippen LogP contribution in [0.25, 0.3) is 17.1 Å². The van der Waals surface area contributed by atoms with Gasteiger partial charge in [-0.25, -0.2) is 0 Å². The second-order valence-corrected chi connectivity index (χ2v) is 7.50. The van der Waals surface area contributed by atoms with Gasteiger partial charge < -0.3 is 4.74 Å². The van der Waals surface area contributed by atoms with E-state index in [1.54, 1.807) is 18.9 Å². The van der Waals surface area contributed by atoms with Crippen molar-refractivity contribution in [3.05, 3.63) is 89.4 Å². The lowest BCUT2D eigenvalue weighted by atomic mass is 10.2. The molecule has 0 fully saturated rings. The van der Waals surface area contributed by atoms with Crippen molar-refractivity contribution in [1.29, 1.82) is 0 Å². The molecule has 0 unspecified atom stereocenters. The fourth-order valence-corrected chi connectivity index (χ4v) is 3.86. The summed E-state index contributed by atoms with van der Waals surface area (Å²) in [6.07, 6.45) is 0. The maximum absolute atomic E-state index is 6.04. The van der Waals surface area contributed by atoms with Crippen molar-refractivity contribution in [3.63, 3.8) is 0 Å². The molecule has 0 saturated carbocycles. The van der Waals surface area contributed by atoms with Gasteiger partial charge in [-0.2, -0.15) is 0 Å². The zero-order chi connectivity index (χ0) is 19.3. The summed E-state index contributed by atoms with van der Waals surface area (Å²) >= 11 is 7.69. The van der Waals surface area contributed by atoms with Gasteiger partial charge in [-0.05, 0) is 54.1 Å². The lowest BCUT2D eigenvalue weighted by molar-refractivity contribution is 0.414. The molecule has 0 aliphatic heterocycles. The molecule has 0 aliphatic rings. The highest BCUT2D eigenvalue weighted by atomic mass is 35.5. The number of hydrogen-bond acceptors (Lipinski definition) is 4. The van der Waals surface area contributed by atoms with Gasteiger partial charge in [-0.1, -0.05) is 53.7 Å². The topological polar surface area (TPSA) is 39.9 Å². The van der Waals surface area contributed by atoms with Crippen LogP contribution in [0.1, 0.15) is 5.56 Å². The molecular formula is C22H18ClN3OS. The number of ether oxygens (including phenoxy) is 1. The van der Waals surface area contributed by atoms with E-state index in [1.807, 2.05) is 54.6 Å². The first-order chi connectivity index (χ1) is 13.7. The second kappa shape index (κ2) is 8.50. The van der Waals surface area contributed by atoms with Crippen LogP contribution in [0.2, 0.25) is 5.02 Å². The summed E-state index contributed by atoms with van der Waals surface area (Å²) in [5.74, 6) is 2.43. The van der Waals surface area contributed by atoms with Gasteiger partial charge in [-0.15, -0.1) is 10.2 Å². The summed E-state index contributed by atoms with van der Waals surface area (Å²) in [6, 6.07) is 25.9. The van der Waals surface area contributed by atoms with Crippen LogP contribution < -0.4 is 4.74 Å². The minimum atomic E-state index is 0.698. The van der Waals surface area contributed by atoms with Gasteiger partial charge in [0, 0.05) is 22.0 Å². The van der Waals surface area contributed by atoms with Gasteiger partial charge in [0.05, 0.1) is 7.11 Å². The standard InChI is InChI=1S/C22H18ClN3OS/c1-27-20-13-7-16(8-14-20)15-28-22-25-24-21(17-9-11-18(23)12-10-17)26(22)19-5-3-2-4-6-19/h2-14H,15H2,1H3. The van der Waals surface area contributed by atoms with Crippen LogP contribution >= 0.6 is 23.4 Å². The molecule has 1 aromatic heterocycles. The predicted octanol–water partition coefficient (Wildman–Crippen LogP) is 5.89. The Kier molecular flexibility index (Phi) is 5.65. The number of hydrogen-bond donors (Lipinski definition) is 0. The Labute approximate surface area is 173 Å². The van der Waals surface area contributed by atoms with E-state index in [-0.39, 0.29) is 0 Å². The lowest BCUT2D eigenvalue weighted by Gasteiger charge is -2.10. The Morgan fingerprint density at radius 3 is 2.29 bits per heavy atom. The molecule has 0 aliphatic carbocycles. The molecule has 0 amide bonds. The Morgan fingerprint density at radius 1 is 0.893 bits per heavy atom. The van der Waals surface area contributed by atoms with Crippen molar-refractivity contribution in [2.45, 2.75) is 10.9 Å². The van der Waals surface area contributed by atoms with Crippen LogP contribution in [0.5, 0.6) is 5.75 Å². The molecule has 0 bridgehead atoms. The molecule has 0 N–H and O–H groups in total. The van der Waals surface area contributed by atoms with Crippen molar-refractivity contribution >= 4 is 23.4 Å². The van der Waals surface area contributed by atoms with Crippen LogP contribution in [-0.2, 0) is 5.75 Å². The molecule has 6 heteroatoms. The summed E-state index contributed by atoms with van der Waals surface area (Å²) < 4.78 is 7.31. The van der Waals surface area contributed by atoms with Crippen molar-refractivity contribution < 1.29 is 4.74 Å². The molecule has 28 heavy (non-hydrogen) atoms. The molecule has 0 saturated heterocycles. The van der Waals surface area contributed by atoms with Crippen LogP contribution in [0, 0.1) is 0 Å². The summed E-state index contributed by atoms with van der Waals surface area (Å²) in [5, 5.41) is 10.5. The Morgan fingerprint density at radius 2 is 1.61 bits per heavy atom. The lowest BCUT2D eigenvalue weighted by Crippen LogP contribution is -1.99. The maximum atomic E-state index is 6.04. The van der Waals surface area contributed by atoms with Crippen LogP contribution in [0.3, 0.4) is 0 Å². The van der Waals surface area contributed by atoms with Gasteiger partial charge in [0.2, 0.25) is 0 Å². The summed E-state index contributed by atoms with van der Waals surface area (Å²) in [4.78, 5) is 0. The molecule has 0 radical (unpaired) electrons. The van der Waals surface area contributed by atoms with E-state index >= 15 is 0 Å². The fourth-order valence-electron chi connectivity index (χ4n) is 2.83. The average molecular weight is 408 g/mol. The van der Waals surface area contributed by atoms with Gasteiger partial charge in [0.15, 0.2) is 11.0 Å².